The third kappa shape index (κ3) is 3.65. The number of fused-ring (bicyclic) bond motifs is 1. The van der Waals surface area contributed by atoms with Gasteiger partial charge in [-0.15, -0.1) is 0 Å². The zero-order chi connectivity index (χ0) is 18.8. The predicted molar refractivity (Wildman–Crippen MR) is 106 cm³/mol. The average Bonchev–Trinajstić information content (AvgIpc) is 3.32. The van der Waals surface area contributed by atoms with Crippen molar-refractivity contribution in [2.24, 2.45) is 0 Å². The van der Waals surface area contributed by atoms with Crippen LogP contribution in [0.1, 0.15) is 5.76 Å². The van der Waals surface area contributed by atoms with Crippen LogP contribution in [0.3, 0.4) is 0 Å². The minimum absolute atomic E-state index is 0.121. The van der Waals surface area contributed by atoms with E-state index in [1.807, 2.05) is 53.0 Å². The standard InChI is InChI=1S/C19H17N5O2S/c1-12-9-16(23-26-12)21-17(25)10-24(2)19-14-5-3-4-6-15(14)20-18(22-19)13-7-8-27-11-13/h3-9,11H,10H2,1-2H3,(H,21,23,25). The zero-order valence-electron chi connectivity index (χ0n) is 14.8. The number of aromatic nitrogens is 3. The number of carbonyl (C=O) groups is 1. The number of nitrogens with zero attached hydrogens (tertiary/aromatic N) is 4. The lowest BCUT2D eigenvalue weighted by atomic mass is 10.2. The molecule has 0 radical (unpaired) electrons. The molecule has 0 saturated heterocycles. The molecule has 3 aromatic heterocycles. The molecule has 0 saturated carbocycles. The molecule has 0 atom stereocenters. The highest BCUT2D eigenvalue weighted by atomic mass is 32.1. The van der Waals surface area contributed by atoms with Crippen LogP contribution in [-0.4, -0.2) is 34.6 Å². The van der Waals surface area contributed by atoms with Crippen molar-refractivity contribution in [2.75, 3.05) is 23.8 Å². The van der Waals surface area contributed by atoms with Crippen molar-refractivity contribution in [2.45, 2.75) is 6.92 Å². The first-order valence-corrected chi connectivity index (χ1v) is 9.28. The van der Waals surface area contributed by atoms with E-state index in [2.05, 4.69) is 15.5 Å². The summed E-state index contributed by atoms with van der Waals surface area (Å²) in [7, 11) is 1.83. The molecule has 136 valence electrons. The van der Waals surface area contributed by atoms with Crippen molar-refractivity contribution in [1.29, 1.82) is 0 Å². The van der Waals surface area contributed by atoms with Crippen LogP contribution in [0.15, 0.2) is 51.7 Å². The summed E-state index contributed by atoms with van der Waals surface area (Å²) in [6.45, 7) is 1.89. The fraction of sp³-hybridized carbons (Fsp3) is 0.158. The zero-order valence-corrected chi connectivity index (χ0v) is 15.7. The Morgan fingerprint density at radius 2 is 2.11 bits per heavy atom. The molecule has 4 aromatic rings. The summed E-state index contributed by atoms with van der Waals surface area (Å²) < 4.78 is 4.97. The number of likely N-dealkylation sites (N-methyl/N-ethyl adjacent to an activating group) is 1. The summed E-state index contributed by atoms with van der Waals surface area (Å²) in [6, 6.07) is 11.4. The lowest BCUT2D eigenvalue weighted by Crippen LogP contribution is -2.31. The second-order valence-electron chi connectivity index (χ2n) is 6.13. The van der Waals surface area contributed by atoms with Gasteiger partial charge in [0.25, 0.3) is 0 Å². The Kier molecular flexibility index (Phi) is 4.55. The highest BCUT2D eigenvalue weighted by Gasteiger charge is 2.16. The molecule has 7 nitrogen and oxygen atoms in total. The highest BCUT2D eigenvalue weighted by molar-refractivity contribution is 7.08. The first-order valence-electron chi connectivity index (χ1n) is 8.34. The monoisotopic (exact) mass is 379 g/mol. The van der Waals surface area contributed by atoms with Gasteiger partial charge in [0.2, 0.25) is 5.91 Å². The first-order chi connectivity index (χ1) is 13.1. The van der Waals surface area contributed by atoms with Gasteiger partial charge in [-0.25, -0.2) is 9.97 Å². The molecule has 0 aliphatic heterocycles. The lowest BCUT2D eigenvalue weighted by Gasteiger charge is -2.19. The van der Waals surface area contributed by atoms with E-state index in [0.717, 1.165) is 16.5 Å². The van der Waals surface area contributed by atoms with Crippen LogP contribution in [0.2, 0.25) is 0 Å². The van der Waals surface area contributed by atoms with Crippen LogP contribution in [0.4, 0.5) is 11.6 Å². The van der Waals surface area contributed by atoms with Crippen LogP contribution in [0.5, 0.6) is 0 Å². The maximum atomic E-state index is 12.4. The molecule has 0 aliphatic carbocycles. The highest BCUT2D eigenvalue weighted by Crippen LogP contribution is 2.27. The molecule has 0 unspecified atom stereocenters. The molecule has 1 N–H and O–H groups in total. The van der Waals surface area contributed by atoms with Crippen LogP contribution in [0.25, 0.3) is 22.3 Å². The minimum Gasteiger partial charge on any atom is -0.360 e. The Bertz CT molecular complexity index is 1090. The smallest absolute Gasteiger partial charge is 0.245 e. The molecule has 4 rings (SSSR count). The molecule has 27 heavy (non-hydrogen) atoms. The molecule has 0 fully saturated rings. The second kappa shape index (κ2) is 7.16. The SMILES string of the molecule is Cc1cc(NC(=O)CN(C)c2nc(-c3ccsc3)nc3ccccc23)no1. The first kappa shape index (κ1) is 17.2. The number of thiophene rings is 1. The van der Waals surface area contributed by atoms with E-state index < -0.39 is 0 Å². The van der Waals surface area contributed by atoms with E-state index in [4.69, 9.17) is 9.51 Å². The van der Waals surface area contributed by atoms with Gasteiger partial charge in [-0.05, 0) is 30.5 Å². The Labute approximate surface area is 159 Å². The number of hydrogen-bond acceptors (Lipinski definition) is 7. The molecule has 8 heteroatoms. The van der Waals surface area contributed by atoms with Crippen molar-refractivity contribution in [3.8, 4) is 11.4 Å². The molecular formula is C19H17N5O2S. The van der Waals surface area contributed by atoms with E-state index >= 15 is 0 Å². The van der Waals surface area contributed by atoms with Gasteiger partial charge < -0.3 is 14.7 Å². The molecule has 0 bridgehead atoms. The van der Waals surface area contributed by atoms with Crippen LogP contribution < -0.4 is 10.2 Å². The van der Waals surface area contributed by atoms with Crippen molar-refractivity contribution in [3.05, 3.63) is 52.9 Å². The predicted octanol–water partition coefficient (Wildman–Crippen LogP) is 3.73. The number of benzene rings is 1. The summed E-state index contributed by atoms with van der Waals surface area (Å²) >= 11 is 1.59. The van der Waals surface area contributed by atoms with E-state index in [1.165, 1.54) is 0 Å². The number of nitrogens with one attached hydrogen (secondary N) is 1. The molecule has 3 heterocycles. The van der Waals surface area contributed by atoms with Crippen LogP contribution >= 0.6 is 11.3 Å². The largest absolute Gasteiger partial charge is 0.360 e. The Hall–Kier alpha value is -3.26. The van der Waals surface area contributed by atoms with Crippen molar-refractivity contribution in [3.63, 3.8) is 0 Å². The third-order valence-electron chi connectivity index (χ3n) is 4.00. The molecule has 1 aromatic carbocycles. The van der Waals surface area contributed by atoms with Crippen LogP contribution in [0, 0.1) is 6.92 Å². The number of rotatable bonds is 5. The molecular weight excluding hydrogens is 362 g/mol. The van der Waals surface area contributed by atoms with E-state index in [0.29, 0.717) is 23.2 Å². The maximum absolute atomic E-state index is 12.4. The van der Waals surface area contributed by atoms with E-state index in [9.17, 15) is 4.79 Å². The maximum Gasteiger partial charge on any atom is 0.245 e. The Balaban J connectivity index is 1.64. The number of amides is 1. The Morgan fingerprint density at radius 3 is 2.85 bits per heavy atom. The van der Waals surface area contributed by atoms with Gasteiger partial charge in [-0.1, -0.05) is 17.3 Å². The van der Waals surface area contributed by atoms with Gasteiger partial charge in [0.1, 0.15) is 11.6 Å². The minimum atomic E-state index is -0.203. The van der Waals surface area contributed by atoms with Gasteiger partial charge in [-0.2, -0.15) is 11.3 Å². The van der Waals surface area contributed by atoms with E-state index in [-0.39, 0.29) is 12.5 Å². The average molecular weight is 379 g/mol. The van der Waals surface area contributed by atoms with Gasteiger partial charge >= 0.3 is 0 Å². The number of anilines is 2. The number of para-hydroxylation sites is 1. The topological polar surface area (TPSA) is 84.2 Å². The number of aryl methyl sites for hydroxylation is 1. The number of hydrogen-bond donors (Lipinski definition) is 1. The quantitative estimate of drug-likeness (QED) is 0.569. The Morgan fingerprint density at radius 1 is 1.26 bits per heavy atom. The fourth-order valence-corrected chi connectivity index (χ4v) is 3.40. The van der Waals surface area contributed by atoms with Gasteiger partial charge in [0.15, 0.2) is 11.6 Å². The van der Waals surface area contributed by atoms with Crippen molar-refractivity contribution >= 4 is 39.8 Å². The van der Waals surface area contributed by atoms with Crippen molar-refractivity contribution < 1.29 is 9.32 Å². The summed E-state index contributed by atoms with van der Waals surface area (Å²) in [4.78, 5) is 23.6. The summed E-state index contributed by atoms with van der Waals surface area (Å²) in [5, 5.41) is 11.4. The molecule has 0 aliphatic rings. The molecule has 1 amide bonds. The van der Waals surface area contributed by atoms with Gasteiger partial charge in [-0.3, -0.25) is 4.79 Å². The van der Waals surface area contributed by atoms with Crippen molar-refractivity contribution in [1.82, 2.24) is 15.1 Å². The number of carbonyl (C=O) groups excluding carboxylic acids is 1. The summed E-state index contributed by atoms with van der Waals surface area (Å²) in [5.74, 6) is 2.18. The second-order valence-corrected chi connectivity index (χ2v) is 6.91. The van der Waals surface area contributed by atoms with Gasteiger partial charge in [0.05, 0.1) is 12.1 Å². The fourth-order valence-electron chi connectivity index (χ4n) is 2.77. The molecule has 0 spiro atoms. The van der Waals surface area contributed by atoms with E-state index in [1.54, 1.807) is 24.3 Å². The van der Waals surface area contributed by atoms with Gasteiger partial charge in [0, 0.05) is 29.4 Å². The third-order valence-corrected chi connectivity index (χ3v) is 4.68. The van der Waals surface area contributed by atoms with Crippen LogP contribution in [-0.2, 0) is 4.79 Å². The summed E-state index contributed by atoms with van der Waals surface area (Å²) in [5.41, 5.74) is 1.80. The lowest BCUT2D eigenvalue weighted by molar-refractivity contribution is -0.115. The summed E-state index contributed by atoms with van der Waals surface area (Å²) in [6.07, 6.45) is 0. The normalized spacial score (nSPS) is 10.9.